The highest BCUT2D eigenvalue weighted by Gasteiger charge is 2.58. The first-order chi connectivity index (χ1) is 20.6. The molecule has 42 heavy (non-hydrogen) atoms. The monoisotopic (exact) mass is 558 g/mol. The van der Waals surface area contributed by atoms with Crippen LogP contribution in [0.15, 0.2) is 139 Å². The van der Waals surface area contributed by atoms with E-state index < -0.39 is 29.6 Å². The fourth-order valence-electron chi connectivity index (χ4n) is 5.48. The van der Waals surface area contributed by atoms with Gasteiger partial charge in [-0.15, -0.1) is 0 Å². The molecular weight excluding hydrogens is 528 g/mol. The van der Waals surface area contributed by atoms with Crippen LogP contribution in [0, 0.1) is 0 Å². The van der Waals surface area contributed by atoms with Gasteiger partial charge in [0.1, 0.15) is 23.2 Å². The van der Waals surface area contributed by atoms with Gasteiger partial charge in [-0.2, -0.15) is 0 Å². The first-order valence-electron chi connectivity index (χ1n) is 13.8. The molecule has 0 saturated carbocycles. The Kier molecular flexibility index (Phi) is 7.58. The molecule has 6 rings (SSSR count). The van der Waals surface area contributed by atoms with Crippen molar-refractivity contribution in [2.75, 3.05) is 17.7 Å². The van der Waals surface area contributed by atoms with Crippen molar-refractivity contribution in [3.8, 4) is 11.5 Å². The third-order valence-electron chi connectivity index (χ3n) is 7.43. The van der Waals surface area contributed by atoms with Crippen LogP contribution >= 0.6 is 0 Å². The van der Waals surface area contributed by atoms with Gasteiger partial charge in [0.05, 0.1) is 24.3 Å². The third-order valence-corrected chi connectivity index (χ3v) is 7.43. The van der Waals surface area contributed by atoms with Crippen LogP contribution in [0.1, 0.15) is 5.56 Å². The fourth-order valence-corrected chi connectivity index (χ4v) is 5.48. The Bertz CT molecular complexity index is 1580. The van der Waals surface area contributed by atoms with E-state index in [1.807, 2.05) is 103 Å². The van der Waals surface area contributed by atoms with Crippen molar-refractivity contribution in [3.05, 3.63) is 144 Å². The Morgan fingerprint density at radius 1 is 0.810 bits per heavy atom. The zero-order chi connectivity index (χ0) is 28.9. The van der Waals surface area contributed by atoms with E-state index in [4.69, 9.17) is 14.2 Å². The lowest BCUT2D eigenvalue weighted by Crippen LogP contribution is -2.49. The molecule has 7 heteroatoms. The molecule has 2 N–H and O–H groups in total. The highest BCUT2D eigenvalue weighted by atomic mass is 16.5. The summed E-state index contributed by atoms with van der Waals surface area (Å²) in [5.74, 6) is 0.315. The SMILES string of the molecule is COC(=O)C1=C(C(=O)Nc2ccc(Oc3ccccc3)cc2)C2C=CC1(C(Cc1ccccc1)Nc1ccccc1)O2. The minimum absolute atomic E-state index is 0.198. The molecule has 0 spiro atoms. The second-order valence-corrected chi connectivity index (χ2v) is 10.1. The molecule has 2 bridgehead atoms. The maximum atomic E-state index is 13.8. The molecule has 0 aromatic heterocycles. The van der Waals surface area contributed by atoms with E-state index in [1.54, 1.807) is 24.3 Å². The Balaban J connectivity index is 1.31. The summed E-state index contributed by atoms with van der Waals surface area (Å²) in [4.78, 5) is 27.1. The normalized spacial score (nSPS) is 19.3. The van der Waals surface area contributed by atoms with Gasteiger partial charge in [0, 0.05) is 11.4 Å². The largest absolute Gasteiger partial charge is 0.466 e. The van der Waals surface area contributed by atoms with Gasteiger partial charge < -0.3 is 24.8 Å². The van der Waals surface area contributed by atoms with Crippen molar-refractivity contribution >= 4 is 23.3 Å². The average molecular weight is 559 g/mol. The number of carbonyl (C=O) groups is 2. The highest BCUT2D eigenvalue weighted by molar-refractivity contribution is 6.12. The van der Waals surface area contributed by atoms with Gasteiger partial charge in [-0.05, 0) is 66.6 Å². The van der Waals surface area contributed by atoms with Crippen LogP contribution in [0.3, 0.4) is 0 Å². The molecule has 4 aromatic carbocycles. The van der Waals surface area contributed by atoms with Gasteiger partial charge >= 0.3 is 5.97 Å². The zero-order valence-electron chi connectivity index (χ0n) is 23.0. The first kappa shape index (κ1) is 27.1. The predicted molar refractivity (Wildman–Crippen MR) is 161 cm³/mol. The first-order valence-corrected chi connectivity index (χ1v) is 13.8. The average Bonchev–Trinajstić information content (AvgIpc) is 3.61. The number of nitrogens with one attached hydrogen (secondary N) is 2. The minimum Gasteiger partial charge on any atom is -0.466 e. The number of anilines is 2. The lowest BCUT2D eigenvalue weighted by atomic mass is 9.78. The molecule has 0 radical (unpaired) electrons. The van der Waals surface area contributed by atoms with Crippen molar-refractivity contribution < 1.29 is 23.8 Å². The molecule has 0 aliphatic carbocycles. The standard InChI is InChI=1S/C35H30N2O5/c1-40-34(39)32-31(33(38)37-26-17-19-28(20-18-26)41-27-15-9-4-10-16-27)29-21-22-35(32,42-29)30(23-24-11-5-2-6-12-24)36-25-13-7-3-8-14-25/h2-22,29-30,36H,23H2,1H3,(H,37,38). The smallest absolute Gasteiger partial charge is 0.337 e. The maximum Gasteiger partial charge on any atom is 0.337 e. The minimum atomic E-state index is -1.22. The van der Waals surface area contributed by atoms with Crippen molar-refractivity contribution in [2.24, 2.45) is 0 Å². The van der Waals surface area contributed by atoms with Gasteiger partial charge in [-0.1, -0.05) is 72.8 Å². The second-order valence-electron chi connectivity index (χ2n) is 10.1. The van der Waals surface area contributed by atoms with Gasteiger partial charge in [-0.3, -0.25) is 4.79 Å². The lowest BCUT2D eigenvalue weighted by molar-refractivity contribution is -0.138. The van der Waals surface area contributed by atoms with Crippen LogP contribution in [-0.4, -0.2) is 36.7 Å². The summed E-state index contributed by atoms with van der Waals surface area (Å²) in [5, 5.41) is 6.50. The maximum absolute atomic E-state index is 13.8. The molecule has 7 nitrogen and oxygen atoms in total. The van der Waals surface area contributed by atoms with E-state index in [0.717, 1.165) is 11.3 Å². The van der Waals surface area contributed by atoms with Crippen LogP contribution in [0.5, 0.6) is 11.5 Å². The molecule has 2 heterocycles. The number of fused-ring (bicyclic) bond motifs is 2. The molecule has 210 valence electrons. The van der Waals surface area contributed by atoms with Gasteiger partial charge in [-0.25, -0.2) is 4.79 Å². The van der Waals surface area contributed by atoms with Crippen molar-refractivity contribution in [3.63, 3.8) is 0 Å². The van der Waals surface area contributed by atoms with Crippen LogP contribution in [-0.2, 0) is 25.5 Å². The lowest BCUT2D eigenvalue weighted by Gasteiger charge is -2.36. The third kappa shape index (κ3) is 5.42. The number of rotatable bonds is 10. The van der Waals surface area contributed by atoms with Gasteiger partial charge in [0.2, 0.25) is 0 Å². The second kappa shape index (κ2) is 11.8. The zero-order valence-corrected chi connectivity index (χ0v) is 23.0. The highest BCUT2D eigenvalue weighted by Crippen LogP contribution is 2.47. The van der Waals surface area contributed by atoms with Crippen molar-refractivity contribution in [1.29, 1.82) is 0 Å². The number of methoxy groups -OCH3 is 1. The van der Waals surface area contributed by atoms with Crippen molar-refractivity contribution in [1.82, 2.24) is 0 Å². The topological polar surface area (TPSA) is 85.9 Å². The molecular formula is C35H30N2O5. The number of hydrogen-bond donors (Lipinski definition) is 2. The number of benzene rings is 4. The molecule has 0 fully saturated rings. The predicted octanol–water partition coefficient (Wildman–Crippen LogP) is 6.32. The summed E-state index contributed by atoms with van der Waals surface area (Å²) < 4.78 is 17.6. The number of para-hydroxylation sites is 2. The number of amides is 1. The van der Waals surface area contributed by atoms with Crippen LogP contribution in [0.25, 0.3) is 0 Å². The number of esters is 1. The van der Waals surface area contributed by atoms with E-state index >= 15 is 0 Å². The molecule has 3 atom stereocenters. The van der Waals surface area contributed by atoms with E-state index in [0.29, 0.717) is 23.6 Å². The van der Waals surface area contributed by atoms with E-state index in [1.165, 1.54) is 7.11 Å². The molecule has 1 amide bonds. The Labute approximate surface area is 244 Å². The molecule has 4 aromatic rings. The number of ether oxygens (including phenoxy) is 3. The fraction of sp³-hybridized carbons (Fsp3) is 0.143. The molecule has 2 aliphatic heterocycles. The Hall–Kier alpha value is -5.14. The van der Waals surface area contributed by atoms with Gasteiger partial charge in [0.25, 0.3) is 5.91 Å². The quantitative estimate of drug-likeness (QED) is 0.175. The summed E-state index contributed by atoms with van der Waals surface area (Å²) in [6, 6.07) is 35.8. The molecule has 0 saturated heterocycles. The molecule has 2 aliphatic rings. The number of hydrogen-bond acceptors (Lipinski definition) is 6. The van der Waals surface area contributed by atoms with Crippen LogP contribution in [0.2, 0.25) is 0 Å². The van der Waals surface area contributed by atoms with Crippen LogP contribution in [0.4, 0.5) is 11.4 Å². The summed E-state index contributed by atoms with van der Waals surface area (Å²) in [6.45, 7) is 0. The van der Waals surface area contributed by atoms with Crippen molar-refractivity contribution in [2.45, 2.75) is 24.2 Å². The van der Waals surface area contributed by atoms with E-state index in [-0.39, 0.29) is 11.1 Å². The summed E-state index contributed by atoms with van der Waals surface area (Å²) in [5.41, 5.74) is 1.70. The Morgan fingerprint density at radius 3 is 2.10 bits per heavy atom. The van der Waals surface area contributed by atoms with Crippen LogP contribution < -0.4 is 15.4 Å². The summed E-state index contributed by atoms with van der Waals surface area (Å²) >= 11 is 0. The van der Waals surface area contributed by atoms with Gasteiger partial charge in [0.15, 0.2) is 0 Å². The summed E-state index contributed by atoms with van der Waals surface area (Å²) in [6.07, 6.45) is 3.55. The number of carbonyl (C=O) groups excluding carboxylic acids is 2. The molecule has 3 unspecified atom stereocenters. The Morgan fingerprint density at radius 2 is 1.43 bits per heavy atom. The van der Waals surface area contributed by atoms with E-state index in [9.17, 15) is 9.59 Å². The van der Waals surface area contributed by atoms with E-state index in [2.05, 4.69) is 10.6 Å². The summed E-state index contributed by atoms with van der Waals surface area (Å²) in [7, 11) is 1.32.